The topological polar surface area (TPSA) is 66.0 Å². The summed E-state index contributed by atoms with van der Waals surface area (Å²) in [5, 5.41) is 6.21. The molecule has 6 heteroatoms. The van der Waals surface area contributed by atoms with E-state index in [4.69, 9.17) is 4.74 Å². The van der Waals surface area contributed by atoms with Crippen molar-refractivity contribution in [3.05, 3.63) is 29.8 Å². The van der Waals surface area contributed by atoms with Gasteiger partial charge in [-0.1, -0.05) is 18.2 Å². The fourth-order valence-electron chi connectivity index (χ4n) is 3.65. The van der Waals surface area contributed by atoms with Gasteiger partial charge in [0.15, 0.2) is 5.96 Å². The number of amides is 1. The van der Waals surface area contributed by atoms with Crippen LogP contribution in [0, 0.1) is 5.92 Å². The van der Waals surface area contributed by atoms with Crippen molar-refractivity contribution < 1.29 is 9.53 Å². The number of para-hydroxylation sites is 1. The smallest absolute Gasteiger partial charge is 0.220 e. The highest BCUT2D eigenvalue weighted by Gasteiger charge is 2.23. The van der Waals surface area contributed by atoms with Crippen LogP contribution in [0.4, 0.5) is 0 Å². The number of aliphatic imine (C=N–C) groups is 1. The molecule has 3 rings (SSSR count). The maximum Gasteiger partial charge on any atom is 0.220 e. The molecule has 0 radical (unpaired) electrons. The third-order valence-corrected chi connectivity index (χ3v) is 5.63. The second-order valence-electron chi connectivity index (χ2n) is 7.49. The molecule has 1 aromatic carbocycles. The molecule has 0 atom stereocenters. The van der Waals surface area contributed by atoms with Crippen LogP contribution in [0.25, 0.3) is 0 Å². The van der Waals surface area contributed by atoms with Gasteiger partial charge in [0.2, 0.25) is 5.91 Å². The van der Waals surface area contributed by atoms with Gasteiger partial charge in [0, 0.05) is 45.7 Å². The molecule has 1 amide bonds. The lowest BCUT2D eigenvalue weighted by Crippen LogP contribution is -2.45. The lowest BCUT2D eigenvalue weighted by Gasteiger charge is -2.34. The molecule has 6 nitrogen and oxygen atoms in total. The highest BCUT2D eigenvalue weighted by atomic mass is 16.5. The van der Waals surface area contributed by atoms with Crippen molar-refractivity contribution in [3.8, 4) is 5.75 Å². The van der Waals surface area contributed by atoms with Crippen LogP contribution >= 0.6 is 0 Å². The van der Waals surface area contributed by atoms with Gasteiger partial charge in [0.1, 0.15) is 5.75 Å². The Morgan fingerprint density at radius 2 is 1.96 bits per heavy atom. The SMILES string of the molecule is CN=C(NCc1ccccc1OC1CCC1)N1CCC(CC(=O)NC)CC1. The number of carbonyl (C=O) groups excluding carboxylic acids is 1. The molecule has 1 saturated heterocycles. The molecular weight excluding hydrogens is 340 g/mol. The normalized spacial score (nSPS) is 18.7. The third kappa shape index (κ3) is 5.37. The van der Waals surface area contributed by atoms with E-state index < -0.39 is 0 Å². The molecule has 1 aromatic rings. The third-order valence-electron chi connectivity index (χ3n) is 5.63. The van der Waals surface area contributed by atoms with Crippen LogP contribution in [-0.2, 0) is 11.3 Å². The van der Waals surface area contributed by atoms with Crippen LogP contribution in [0.1, 0.15) is 44.1 Å². The second kappa shape index (κ2) is 9.62. The predicted octanol–water partition coefficient (Wildman–Crippen LogP) is 2.54. The molecule has 0 bridgehead atoms. The molecule has 0 spiro atoms. The van der Waals surface area contributed by atoms with Gasteiger partial charge in [-0.2, -0.15) is 0 Å². The van der Waals surface area contributed by atoms with Gasteiger partial charge in [-0.15, -0.1) is 0 Å². The van der Waals surface area contributed by atoms with Crippen LogP contribution in [0.3, 0.4) is 0 Å². The van der Waals surface area contributed by atoms with E-state index in [1.165, 1.54) is 12.0 Å². The Morgan fingerprint density at radius 1 is 1.22 bits per heavy atom. The van der Waals surface area contributed by atoms with Crippen LogP contribution in [0.15, 0.2) is 29.3 Å². The minimum atomic E-state index is 0.138. The molecule has 1 heterocycles. The second-order valence-corrected chi connectivity index (χ2v) is 7.49. The van der Waals surface area contributed by atoms with Crippen molar-refractivity contribution >= 4 is 11.9 Å². The number of rotatable bonds is 6. The van der Waals surface area contributed by atoms with Gasteiger partial charge in [0.25, 0.3) is 0 Å². The van der Waals surface area contributed by atoms with Crippen LogP contribution < -0.4 is 15.4 Å². The van der Waals surface area contributed by atoms with Gasteiger partial charge in [-0.25, -0.2) is 0 Å². The summed E-state index contributed by atoms with van der Waals surface area (Å²) in [6, 6.07) is 8.26. The number of nitrogens with zero attached hydrogens (tertiary/aromatic N) is 2. The number of guanidine groups is 1. The molecule has 1 aliphatic carbocycles. The van der Waals surface area contributed by atoms with Crippen LogP contribution in [0.5, 0.6) is 5.75 Å². The first-order valence-corrected chi connectivity index (χ1v) is 10.1. The van der Waals surface area contributed by atoms with Gasteiger partial charge < -0.3 is 20.3 Å². The molecule has 27 heavy (non-hydrogen) atoms. The number of carbonyl (C=O) groups is 1. The summed E-state index contributed by atoms with van der Waals surface area (Å²) in [7, 11) is 3.53. The number of nitrogens with one attached hydrogen (secondary N) is 2. The van der Waals surface area contributed by atoms with E-state index in [-0.39, 0.29) is 5.91 Å². The van der Waals surface area contributed by atoms with E-state index in [0.717, 1.165) is 50.5 Å². The zero-order valence-corrected chi connectivity index (χ0v) is 16.5. The summed E-state index contributed by atoms with van der Waals surface area (Å²) in [6.45, 7) is 2.57. The van der Waals surface area contributed by atoms with E-state index in [0.29, 0.717) is 25.0 Å². The van der Waals surface area contributed by atoms with E-state index in [1.807, 2.05) is 13.1 Å². The maximum atomic E-state index is 11.6. The van der Waals surface area contributed by atoms with E-state index in [1.54, 1.807) is 7.05 Å². The minimum Gasteiger partial charge on any atom is -0.490 e. The van der Waals surface area contributed by atoms with Crippen LogP contribution in [0.2, 0.25) is 0 Å². The number of benzene rings is 1. The van der Waals surface area contributed by atoms with Crippen molar-refractivity contribution in [1.29, 1.82) is 0 Å². The fraction of sp³-hybridized carbons (Fsp3) is 0.619. The van der Waals surface area contributed by atoms with Crippen molar-refractivity contribution in [2.75, 3.05) is 27.2 Å². The molecule has 2 aliphatic rings. The standard InChI is InChI=1S/C21H32N4O2/c1-22-20(26)14-16-10-12-25(13-11-16)21(23-2)24-15-17-6-3-4-9-19(17)27-18-7-5-8-18/h3-4,6,9,16,18H,5,7-8,10-15H2,1-2H3,(H,22,26)(H,23,24). The predicted molar refractivity (Wildman–Crippen MR) is 108 cm³/mol. The van der Waals surface area contributed by atoms with E-state index in [2.05, 4.69) is 38.7 Å². The molecule has 2 N–H and O–H groups in total. The zero-order chi connectivity index (χ0) is 19.1. The zero-order valence-electron chi connectivity index (χ0n) is 16.5. The summed E-state index contributed by atoms with van der Waals surface area (Å²) in [6.07, 6.45) is 6.65. The first-order valence-electron chi connectivity index (χ1n) is 10.1. The number of likely N-dealkylation sites (tertiary alicyclic amines) is 1. The van der Waals surface area contributed by atoms with Gasteiger partial charge in [0.05, 0.1) is 6.10 Å². The molecule has 1 aliphatic heterocycles. The molecule has 0 aromatic heterocycles. The highest BCUT2D eigenvalue weighted by Crippen LogP contribution is 2.27. The summed E-state index contributed by atoms with van der Waals surface area (Å²) in [4.78, 5) is 18.3. The van der Waals surface area contributed by atoms with Crippen molar-refractivity contribution in [2.24, 2.45) is 10.9 Å². The van der Waals surface area contributed by atoms with Gasteiger partial charge >= 0.3 is 0 Å². The van der Waals surface area contributed by atoms with Crippen LogP contribution in [-0.4, -0.2) is 50.1 Å². The Labute approximate surface area is 162 Å². The Bertz CT molecular complexity index is 649. The van der Waals surface area contributed by atoms with Crippen molar-refractivity contribution in [3.63, 3.8) is 0 Å². The Hall–Kier alpha value is -2.24. The lowest BCUT2D eigenvalue weighted by molar-refractivity contribution is -0.121. The largest absolute Gasteiger partial charge is 0.490 e. The minimum absolute atomic E-state index is 0.138. The quantitative estimate of drug-likeness (QED) is 0.595. The summed E-state index contributed by atoms with van der Waals surface area (Å²) >= 11 is 0. The molecule has 0 unspecified atom stereocenters. The average molecular weight is 373 g/mol. The Kier molecular flexibility index (Phi) is 6.96. The van der Waals surface area contributed by atoms with Gasteiger partial charge in [-0.05, 0) is 44.1 Å². The van der Waals surface area contributed by atoms with E-state index >= 15 is 0 Å². The molecular formula is C21H32N4O2. The number of piperidine rings is 1. The van der Waals surface area contributed by atoms with Gasteiger partial charge in [-0.3, -0.25) is 9.79 Å². The number of ether oxygens (including phenoxy) is 1. The Balaban J connectivity index is 1.51. The van der Waals surface area contributed by atoms with E-state index in [9.17, 15) is 4.79 Å². The average Bonchev–Trinajstić information content (AvgIpc) is 2.67. The summed E-state index contributed by atoms with van der Waals surface area (Å²) < 4.78 is 6.12. The fourth-order valence-corrected chi connectivity index (χ4v) is 3.65. The first kappa shape index (κ1) is 19.5. The number of hydrogen-bond acceptors (Lipinski definition) is 3. The lowest BCUT2D eigenvalue weighted by atomic mass is 9.93. The molecule has 148 valence electrons. The Morgan fingerprint density at radius 3 is 2.59 bits per heavy atom. The summed E-state index contributed by atoms with van der Waals surface area (Å²) in [5.74, 6) is 2.51. The van der Waals surface area contributed by atoms with Crippen molar-refractivity contribution in [2.45, 2.75) is 51.2 Å². The number of hydrogen-bond donors (Lipinski definition) is 2. The summed E-state index contributed by atoms with van der Waals surface area (Å²) in [5.41, 5.74) is 1.17. The molecule has 1 saturated carbocycles. The monoisotopic (exact) mass is 372 g/mol. The first-order chi connectivity index (χ1) is 13.2. The molecule has 2 fully saturated rings. The van der Waals surface area contributed by atoms with Crippen molar-refractivity contribution in [1.82, 2.24) is 15.5 Å². The maximum absolute atomic E-state index is 11.6. The highest BCUT2D eigenvalue weighted by molar-refractivity contribution is 5.80.